The van der Waals surface area contributed by atoms with Gasteiger partial charge in [0.05, 0.1) is 12.1 Å². The molecular formula is C22H30FN7O. The summed E-state index contributed by atoms with van der Waals surface area (Å²) in [6, 6.07) is 5.93. The first kappa shape index (κ1) is 21.3. The van der Waals surface area contributed by atoms with Gasteiger partial charge in [-0.05, 0) is 50.6 Å². The van der Waals surface area contributed by atoms with E-state index in [1.807, 2.05) is 12.1 Å². The quantitative estimate of drug-likeness (QED) is 0.651. The van der Waals surface area contributed by atoms with Gasteiger partial charge in [-0.2, -0.15) is 4.98 Å². The van der Waals surface area contributed by atoms with E-state index in [0.29, 0.717) is 12.4 Å². The predicted octanol–water partition coefficient (Wildman–Crippen LogP) is 2.49. The Kier molecular flexibility index (Phi) is 6.22. The number of hydrogen-bond donors (Lipinski definition) is 3. The third-order valence-electron chi connectivity index (χ3n) is 6.24. The molecule has 1 saturated heterocycles. The molecule has 1 amide bonds. The fourth-order valence-electron chi connectivity index (χ4n) is 4.44. The minimum atomic E-state index is -0.553. The maximum Gasteiger partial charge on any atom is 0.229 e. The van der Waals surface area contributed by atoms with Gasteiger partial charge in [-0.3, -0.25) is 4.79 Å². The number of nitrogens with one attached hydrogen (secondary N) is 2. The van der Waals surface area contributed by atoms with Crippen molar-refractivity contribution in [2.45, 2.75) is 32.2 Å². The monoisotopic (exact) mass is 427 g/mol. The van der Waals surface area contributed by atoms with Crippen LogP contribution in [0.2, 0.25) is 0 Å². The van der Waals surface area contributed by atoms with Crippen molar-refractivity contribution >= 4 is 29.0 Å². The maximum absolute atomic E-state index is 14.3. The van der Waals surface area contributed by atoms with Gasteiger partial charge in [0.25, 0.3) is 0 Å². The van der Waals surface area contributed by atoms with Gasteiger partial charge >= 0.3 is 0 Å². The number of likely N-dealkylation sites (N-methyl/N-ethyl adjacent to an activating group) is 1. The topological polar surface area (TPSA) is 99.4 Å². The lowest BCUT2D eigenvalue weighted by molar-refractivity contribution is -0.121. The summed E-state index contributed by atoms with van der Waals surface area (Å²) in [7, 11) is 2.14. The number of rotatable bonds is 6. The van der Waals surface area contributed by atoms with Crippen molar-refractivity contribution in [3.63, 3.8) is 0 Å². The summed E-state index contributed by atoms with van der Waals surface area (Å²) in [5, 5.41) is 6.22. The summed E-state index contributed by atoms with van der Waals surface area (Å²) in [4.78, 5) is 24.7. The van der Waals surface area contributed by atoms with Gasteiger partial charge in [0.1, 0.15) is 0 Å². The minimum Gasteiger partial charge on any atom is -0.369 e. The molecule has 1 aromatic heterocycles. The summed E-state index contributed by atoms with van der Waals surface area (Å²) in [6.07, 6.45) is 3.48. The summed E-state index contributed by atoms with van der Waals surface area (Å²) in [5.41, 5.74) is 8.69. The first-order valence-electron chi connectivity index (χ1n) is 10.8. The molecule has 2 aliphatic rings. The molecular weight excluding hydrogens is 397 g/mol. The molecule has 1 unspecified atom stereocenters. The molecule has 1 saturated carbocycles. The fourth-order valence-corrected chi connectivity index (χ4v) is 4.44. The summed E-state index contributed by atoms with van der Waals surface area (Å²) in [6.45, 7) is 6.20. The van der Waals surface area contributed by atoms with Crippen molar-refractivity contribution < 1.29 is 9.18 Å². The Morgan fingerprint density at radius 2 is 2.00 bits per heavy atom. The zero-order valence-electron chi connectivity index (χ0n) is 18.1. The largest absolute Gasteiger partial charge is 0.369 e. The lowest BCUT2D eigenvalue weighted by Crippen LogP contribution is -2.44. The second-order valence-corrected chi connectivity index (χ2v) is 8.50. The van der Waals surface area contributed by atoms with E-state index < -0.39 is 5.82 Å². The lowest BCUT2D eigenvalue weighted by Gasteiger charge is -2.35. The number of benzene rings is 1. The van der Waals surface area contributed by atoms with Crippen molar-refractivity contribution in [2.24, 2.45) is 11.7 Å². The number of anilines is 4. The molecule has 2 fully saturated rings. The zero-order chi connectivity index (χ0) is 22.0. The molecule has 2 aromatic rings. The second kappa shape index (κ2) is 9.05. The van der Waals surface area contributed by atoms with Crippen molar-refractivity contribution in [2.75, 3.05) is 48.8 Å². The number of carbonyl (C=O) groups excluding carboxylic acids is 1. The number of carbonyl (C=O) groups is 1. The van der Waals surface area contributed by atoms with Gasteiger partial charge in [0.15, 0.2) is 11.6 Å². The fraction of sp³-hybridized carbons (Fsp3) is 0.500. The molecule has 1 aliphatic heterocycles. The highest BCUT2D eigenvalue weighted by Gasteiger charge is 2.32. The Morgan fingerprint density at radius 3 is 2.71 bits per heavy atom. The molecule has 2 heterocycles. The number of hydrogen-bond acceptors (Lipinski definition) is 7. The number of piperazine rings is 1. The van der Waals surface area contributed by atoms with Gasteiger partial charge in [-0.25, -0.2) is 9.37 Å². The molecule has 166 valence electrons. The Bertz CT molecular complexity index is 945. The van der Waals surface area contributed by atoms with Gasteiger partial charge in [0, 0.05) is 43.6 Å². The van der Waals surface area contributed by atoms with Crippen LogP contribution in [0.4, 0.5) is 27.5 Å². The molecule has 31 heavy (non-hydrogen) atoms. The zero-order valence-corrected chi connectivity index (χ0v) is 18.1. The number of primary amides is 1. The predicted molar refractivity (Wildman–Crippen MR) is 120 cm³/mol. The number of amides is 1. The number of aryl methyl sites for hydroxylation is 1. The Morgan fingerprint density at radius 1 is 1.23 bits per heavy atom. The first-order valence-corrected chi connectivity index (χ1v) is 10.8. The molecule has 4 rings (SSSR count). The van der Waals surface area contributed by atoms with E-state index in [2.05, 4.69) is 50.4 Å². The van der Waals surface area contributed by atoms with E-state index in [1.165, 1.54) is 5.69 Å². The molecule has 8 nitrogen and oxygen atoms in total. The highest BCUT2D eigenvalue weighted by atomic mass is 19.1. The van der Waals surface area contributed by atoms with Crippen LogP contribution in [0.3, 0.4) is 0 Å². The van der Waals surface area contributed by atoms with Crippen LogP contribution >= 0.6 is 0 Å². The Hall–Kier alpha value is -2.94. The standard InChI is InChI=1S/C22H30FN7O/c1-14-12-15(6-7-19(14)30-10-8-29(2)9-11-30)26-22-25-13-17(23)21(28-22)27-18-5-3-4-16(18)20(24)31/h6-7,12-13,16,18H,3-5,8-11H2,1-2H3,(H2,24,31)(H2,25,26,27,28)/t16?,18-/m0/s1. The molecule has 0 spiro atoms. The molecule has 2 atom stereocenters. The van der Waals surface area contributed by atoms with Crippen molar-refractivity contribution in [1.82, 2.24) is 14.9 Å². The van der Waals surface area contributed by atoms with Crippen molar-refractivity contribution in [3.05, 3.63) is 35.8 Å². The van der Waals surface area contributed by atoms with E-state index in [0.717, 1.165) is 56.5 Å². The van der Waals surface area contributed by atoms with E-state index in [4.69, 9.17) is 5.73 Å². The van der Waals surface area contributed by atoms with E-state index >= 15 is 0 Å². The van der Waals surface area contributed by atoms with Crippen LogP contribution in [0.15, 0.2) is 24.4 Å². The molecule has 0 bridgehead atoms. The number of nitrogens with two attached hydrogens (primary N) is 1. The SMILES string of the molecule is Cc1cc(Nc2ncc(F)c(N[C@H]3CCCC3C(N)=O)n2)ccc1N1CCN(C)CC1. The minimum absolute atomic E-state index is 0.0847. The third-order valence-corrected chi connectivity index (χ3v) is 6.24. The summed E-state index contributed by atoms with van der Waals surface area (Å²) in [5.74, 6) is -0.845. The van der Waals surface area contributed by atoms with Crippen LogP contribution < -0.4 is 21.3 Å². The second-order valence-electron chi connectivity index (χ2n) is 8.50. The first-order chi connectivity index (χ1) is 14.9. The number of nitrogens with zero attached hydrogens (tertiary/aromatic N) is 4. The van der Waals surface area contributed by atoms with Gasteiger partial charge in [0.2, 0.25) is 11.9 Å². The van der Waals surface area contributed by atoms with Crippen LogP contribution in [-0.4, -0.2) is 60.0 Å². The van der Waals surface area contributed by atoms with Crippen LogP contribution in [0.5, 0.6) is 0 Å². The Balaban J connectivity index is 1.46. The van der Waals surface area contributed by atoms with Crippen LogP contribution in [-0.2, 0) is 4.79 Å². The van der Waals surface area contributed by atoms with Crippen LogP contribution in [0, 0.1) is 18.7 Å². The van der Waals surface area contributed by atoms with Crippen molar-refractivity contribution in [3.8, 4) is 0 Å². The van der Waals surface area contributed by atoms with Crippen molar-refractivity contribution in [1.29, 1.82) is 0 Å². The molecule has 1 aliphatic carbocycles. The highest BCUT2D eigenvalue weighted by Crippen LogP contribution is 2.30. The van der Waals surface area contributed by atoms with Crippen LogP contribution in [0.1, 0.15) is 24.8 Å². The molecule has 9 heteroatoms. The van der Waals surface area contributed by atoms with Gasteiger partial charge < -0.3 is 26.2 Å². The van der Waals surface area contributed by atoms with E-state index in [9.17, 15) is 9.18 Å². The number of halogens is 1. The lowest BCUT2D eigenvalue weighted by atomic mass is 10.0. The van der Waals surface area contributed by atoms with Crippen LogP contribution in [0.25, 0.3) is 0 Å². The smallest absolute Gasteiger partial charge is 0.229 e. The third kappa shape index (κ3) is 4.87. The average Bonchev–Trinajstić information content (AvgIpc) is 3.20. The number of aromatic nitrogens is 2. The molecule has 4 N–H and O–H groups in total. The highest BCUT2D eigenvalue weighted by molar-refractivity contribution is 5.78. The van der Waals surface area contributed by atoms with Gasteiger partial charge in [-0.15, -0.1) is 0 Å². The maximum atomic E-state index is 14.3. The summed E-state index contributed by atoms with van der Waals surface area (Å²) < 4.78 is 14.3. The molecule has 1 aromatic carbocycles. The van der Waals surface area contributed by atoms with E-state index in [1.54, 1.807) is 0 Å². The molecule has 0 radical (unpaired) electrons. The average molecular weight is 428 g/mol. The summed E-state index contributed by atoms with van der Waals surface area (Å²) >= 11 is 0. The normalized spacial score (nSPS) is 21.8. The van der Waals surface area contributed by atoms with Gasteiger partial charge in [-0.1, -0.05) is 6.42 Å². The van der Waals surface area contributed by atoms with E-state index in [-0.39, 0.29) is 23.7 Å². The Labute approximate surface area is 182 Å².